The van der Waals surface area contributed by atoms with Crippen LogP contribution in [0.4, 0.5) is 0 Å². The summed E-state index contributed by atoms with van der Waals surface area (Å²) in [6.45, 7) is 1.04. The predicted molar refractivity (Wildman–Crippen MR) is 54.5 cm³/mol. The van der Waals surface area contributed by atoms with Gasteiger partial charge in [0.1, 0.15) is 9.84 Å². The van der Waals surface area contributed by atoms with E-state index in [1.807, 2.05) is 7.05 Å². The van der Waals surface area contributed by atoms with Gasteiger partial charge in [0.15, 0.2) is 0 Å². The fraction of sp³-hybridized carbons (Fsp3) is 1.00. The Hall–Kier alpha value is -0.0900. The van der Waals surface area contributed by atoms with Crippen molar-refractivity contribution in [3.8, 4) is 0 Å². The Morgan fingerprint density at radius 2 is 2.00 bits per heavy atom. The first-order valence-corrected chi connectivity index (χ1v) is 6.86. The molecule has 1 aliphatic carbocycles. The Morgan fingerprint density at radius 1 is 1.38 bits per heavy atom. The van der Waals surface area contributed by atoms with E-state index >= 15 is 0 Å². The van der Waals surface area contributed by atoms with Crippen LogP contribution in [0.15, 0.2) is 0 Å². The molecule has 0 atom stereocenters. The minimum Gasteiger partial charge on any atom is -0.319 e. The van der Waals surface area contributed by atoms with Crippen molar-refractivity contribution in [3.63, 3.8) is 0 Å². The van der Waals surface area contributed by atoms with E-state index in [-0.39, 0.29) is 0 Å². The molecule has 0 amide bonds. The van der Waals surface area contributed by atoms with Crippen molar-refractivity contribution in [2.24, 2.45) is 5.41 Å². The summed E-state index contributed by atoms with van der Waals surface area (Å²) in [6.07, 6.45) is 5.71. The van der Waals surface area contributed by atoms with E-state index in [1.165, 1.54) is 19.1 Å². The second-order valence-corrected chi connectivity index (χ2v) is 6.52. The molecule has 0 aromatic carbocycles. The highest BCUT2D eigenvalue weighted by molar-refractivity contribution is 7.90. The van der Waals surface area contributed by atoms with Crippen LogP contribution in [0.25, 0.3) is 0 Å². The number of hydrogen-bond acceptors (Lipinski definition) is 3. The summed E-state index contributed by atoms with van der Waals surface area (Å²) in [7, 11) is -0.799. The molecule has 1 aliphatic rings. The van der Waals surface area contributed by atoms with Gasteiger partial charge in [0.25, 0.3) is 0 Å². The predicted octanol–water partition coefficient (Wildman–Crippen LogP) is 0.811. The van der Waals surface area contributed by atoms with E-state index in [2.05, 4.69) is 5.32 Å². The topological polar surface area (TPSA) is 46.2 Å². The summed E-state index contributed by atoms with van der Waals surface area (Å²) in [4.78, 5) is 0. The maximum Gasteiger partial charge on any atom is 0.147 e. The number of nitrogens with one attached hydrogen (secondary N) is 1. The number of rotatable bonds is 6. The number of hydrogen-bond donors (Lipinski definition) is 1. The number of sulfone groups is 1. The van der Waals surface area contributed by atoms with Crippen LogP contribution in [-0.2, 0) is 9.84 Å². The van der Waals surface area contributed by atoms with Gasteiger partial charge >= 0.3 is 0 Å². The van der Waals surface area contributed by atoms with Gasteiger partial charge in [-0.25, -0.2) is 8.42 Å². The molecular formula is C9H19NO2S. The molecule has 0 spiro atoms. The first-order valence-electron chi connectivity index (χ1n) is 4.80. The van der Waals surface area contributed by atoms with Crippen molar-refractivity contribution in [3.05, 3.63) is 0 Å². The first kappa shape index (κ1) is 11.0. The van der Waals surface area contributed by atoms with Gasteiger partial charge in [-0.2, -0.15) is 0 Å². The van der Waals surface area contributed by atoms with Crippen LogP contribution in [0.5, 0.6) is 0 Å². The van der Waals surface area contributed by atoms with Crippen molar-refractivity contribution >= 4 is 9.84 Å². The average molecular weight is 205 g/mol. The van der Waals surface area contributed by atoms with Gasteiger partial charge in [0.2, 0.25) is 0 Å². The SMILES string of the molecule is CNCC1(CCCS(C)(=O)=O)CC1. The smallest absolute Gasteiger partial charge is 0.147 e. The lowest BCUT2D eigenvalue weighted by Gasteiger charge is -2.13. The molecule has 3 nitrogen and oxygen atoms in total. The molecule has 1 rings (SSSR count). The maximum absolute atomic E-state index is 10.9. The molecule has 1 N–H and O–H groups in total. The fourth-order valence-corrected chi connectivity index (χ4v) is 2.45. The molecule has 4 heteroatoms. The van der Waals surface area contributed by atoms with Crippen molar-refractivity contribution in [1.29, 1.82) is 0 Å². The molecule has 0 radical (unpaired) electrons. The Balaban J connectivity index is 2.20. The van der Waals surface area contributed by atoms with Crippen LogP contribution < -0.4 is 5.32 Å². The highest BCUT2D eigenvalue weighted by atomic mass is 32.2. The highest BCUT2D eigenvalue weighted by Gasteiger charge is 2.40. The Kier molecular flexibility index (Phi) is 3.35. The van der Waals surface area contributed by atoms with Crippen LogP contribution in [0.1, 0.15) is 25.7 Å². The van der Waals surface area contributed by atoms with E-state index in [0.29, 0.717) is 11.2 Å². The zero-order valence-corrected chi connectivity index (χ0v) is 9.28. The quantitative estimate of drug-likeness (QED) is 0.698. The molecule has 0 unspecified atom stereocenters. The van der Waals surface area contributed by atoms with E-state index in [1.54, 1.807) is 0 Å². The average Bonchev–Trinajstić information content (AvgIpc) is 2.67. The van der Waals surface area contributed by atoms with Crippen LogP contribution >= 0.6 is 0 Å². The normalized spacial score (nSPS) is 20.2. The summed E-state index contributed by atoms with van der Waals surface area (Å²) >= 11 is 0. The molecule has 1 saturated carbocycles. The molecular weight excluding hydrogens is 186 g/mol. The van der Waals surface area contributed by atoms with Crippen molar-refractivity contribution in [1.82, 2.24) is 5.32 Å². The Labute approximate surface area is 80.8 Å². The van der Waals surface area contributed by atoms with Crippen LogP contribution in [0.2, 0.25) is 0 Å². The van der Waals surface area contributed by atoms with Gasteiger partial charge in [-0.15, -0.1) is 0 Å². The summed E-state index contributed by atoms with van der Waals surface area (Å²) < 4.78 is 21.8. The summed E-state index contributed by atoms with van der Waals surface area (Å²) in [5.41, 5.74) is 0.444. The van der Waals surface area contributed by atoms with E-state index in [4.69, 9.17) is 0 Å². The Morgan fingerprint density at radius 3 is 2.38 bits per heavy atom. The fourth-order valence-electron chi connectivity index (χ4n) is 1.78. The van der Waals surface area contributed by atoms with E-state index < -0.39 is 9.84 Å². The summed E-state index contributed by atoms with van der Waals surface area (Å²) in [5, 5.41) is 3.17. The summed E-state index contributed by atoms with van der Waals surface area (Å²) in [6, 6.07) is 0. The standard InChI is InChI=1S/C9H19NO2S/c1-10-8-9(5-6-9)4-3-7-13(2,11)12/h10H,3-8H2,1-2H3. The largest absolute Gasteiger partial charge is 0.319 e. The highest BCUT2D eigenvalue weighted by Crippen LogP contribution is 2.48. The van der Waals surface area contributed by atoms with E-state index in [0.717, 1.165) is 19.4 Å². The molecule has 78 valence electrons. The van der Waals surface area contributed by atoms with Crippen LogP contribution in [0, 0.1) is 5.41 Å². The first-order chi connectivity index (χ1) is 5.97. The molecule has 0 aromatic rings. The molecule has 0 heterocycles. The molecule has 13 heavy (non-hydrogen) atoms. The zero-order chi connectivity index (χ0) is 9.95. The van der Waals surface area contributed by atoms with Gasteiger partial charge < -0.3 is 5.32 Å². The Bertz CT molecular complexity index is 255. The second kappa shape index (κ2) is 3.96. The van der Waals surface area contributed by atoms with Gasteiger partial charge in [0.05, 0.1) is 0 Å². The van der Waals surface area contributed by atoms with Crippen molar-refractivity contribution in [2.75, 3.05) is 25.6 Å². The second-order valence-electron chi connectivity index (χ2n) is 4.26. The van der Waals surface area contributed by atoms with Gasteiger partial charge in [-0.3, -0.25) is 0 Å². The molecule has 1 fully saturated rings. The lowest BCUT2D eigenvalue weighted by molar-refractivity contribution is 0.438. The molecule has 0 saturated heterocycles. The summed E-state index contributed by atoms with van der Waals surface area (Å²) in [5.74, 6) is 0.346. The molecule has 0 aliphatic heterocycles. The molecule has 0 bridgehead atoms. The van der Waals surface area contributed by atoms with Gasteiger partial charge in [-0.1, -0.05) is 0 Å². The third kappa shape index (κ3) is 4.09. The van der Waals surface area contributed by atoms with E-state index in [9.17, 15) is 8.42 Å². The maximum atomic E-state index is 10.9. The van der Waals surface area contributed by atoms with Crippen LogP contribution in [-0.4, -0.2) is 34.0 Å². The lowest BCUT2D eigenvalue weighted by atomic mass is 10.0. The lowest BCUT2D eigenvalue weighted by Crippen LogP contribution is -2.20. The molecule has 0 aromatic heterocycles. The minimum absolute atomic E-state index is 0.346. The minimum atomic E-state index is -2.75. The third-order valence-corrected chi connectivity index (χ3v) is 3.76. The monoisotopic (exact) mass is 205 g/mol. The third-order valence-electron chi connectivity index (χ3n) is 2.73. The zero-order valence-electron chi connectivity index (χ0n) is 8.47. The van der Waals surface area contributed by atoms with Crippen LogP contribution in [0.3, 0.4) is 0 Å². The van der Waals surface area contributed by atoms with Gasteiger partial charge in [-0.05, 0) is 38.1 Å². The van der Waals surface area contributed by atoms with Gasteiger partial charge in [0, 0.05) is 18.6 Å². The van der Waals surface area contributed by atoms with Crippen molar-refractivity contribution in [2.45, 2.75) is 25.7 Å². The van der Waals surface area contributed by atoms with Crippen molar-refractivity contribution < 1.29 is 8.42 Å².